The van der Waals surface area contributed by atoms with Gasteiger partial charge in [-0.05, 0) is 39.8 Å². The van der Waals surface area contributed by atoms with E-state index in [9.17, 15) is 0 Å². The molecule has 22 heavy (non-hydrogen) atoms. The molecule has 118 valence electrons. The molecule has 0 aromatic carbocycles. The molecule has 6 heteroatoms. The van der Waals surface area contributed by atoms with Crippen molar-refractivity contribution in [3.05, 3.63) is 34.9 Å². The SMILES string of the molecule is Cc1cc(C)nc(N(C)CCN(C)c2nc(C)cc(C)n2)n1. The number of nitrogens with zero attached hydrogens (tertiary/aromatic N) is 6. The maximum atomic E-state index is 4.48. The van der Waals surface area contributed by atoms with Crippen LogP contribution in [0.25, 0.3) is 0 Å². The summed E-state index contributed by atoms with van der Waals surface area (Å²) in [4.78, 5) is 22.0. The minimum Gasteiger partial charge on any atom is -0.342 e. The highest BCUT2D eigenvalue weighted by molar-refractivity contribution is 5.34. The van der Waals surface area contributed by atoms with E-state index in [2.05, 4.69) is 29.7 Å². The molecule has 0 N–H and O–H groups in total. The molecule has 0 aliphatic carbocycles. The van der Waals surface area contributed by atoms with Crippen LogP contribution < -0.4 is 9.80 Å². The van der Waals surface area contributed by atoms with E-state index < -0.39 is 0 Å². The molecule has 0 unspecified atom stereocenters. The number of likely N-dealkylation sites (N-methyl/N-ethyl adjacent to an activating group) is 2. The van der Waals surface area contributed by atoms with Crippen LogP contribution in [-0.2, 0) is 0 Å². The second-order valence-corrected chi connectivity index (χ2v) is 5.74. The standard InChI is InChI=1S/C16H24N6/c1-11-9-12(2)18-15(17-11)21(5)7-8-22(6)16-19-13(3)10-14(4)20-16/h9-10H,7-8H2,1-6H3. The first-order valence-electron chi connectivity index (χ1n) is 7.42. The van der Waals surface area contributed by atoms with Crippen LogP contribution in [-0.4, -0.2) is 47.1 Å². The molecule has 0 saturated carbocycles. The van der Waals surface area contributed by atoms with Gasteiger partial charge >= 0.3 is 0 Å². The Balaban J connectivity index is 2.02. The van der Waals surface area contributed by atoms with Crippen molar-refractivity contribution < 1.29 is 0 Å². The van der Waals surface area contributed by atoms with Crippen LogP contribution in [0.4, 0.5) is 11.9 Å². The summed E-state index contributed by atoms with van der Waals surface area (Å²) in [5, 5.41) is 0. The lowest BCUT2D eigenvalue weighted by atomic mass is 10.3. The van der Waals surface area contributed by atoms with Gasteiger partial charge in [0.15, 0.2) is 0 Å². The Morgan fingerprint density at radius 1 is 0.636 bits per heavy atom. The molecule has 0 aliphatic rings. The fourth-order valence-electron chi connectivity index (χ4n) is 2.26. The molecule has 0 amide bonds. The number of anilines is 2. The van der Waals surface area contributed by atoms with Crippen molar-refractivity contribution in [3.8, 4) is 0 Å². The van der Waals surface area contributed by atoms with Crippen molar-refractivity contribution in [2.24, 2.45) is 0 Å². The third-order valence-corrected chi connectivity index (χ3v) is 3.39. The molecule has 6 nitrogen and oxygen atoms in total. The minimum atomic E-state index is 0.757. The van der Waals surface area contributed by atoms with Gasteiger partial charge in [-0.25, -0.2) is 19.9 Å². The summed E-state index contributed by atoms with van der Waals surface area (Å²) < 4.78 is 0. The summed E-state index contributed by atoms with van der Waals surface area (Å²) in [5.41, 5.74) is 3.95. The van der Waals surface area contributed by atoms with Gasteiger partial charge in [0.25, 0.3) is 0 Å². The highest BCUT2D eigenvalue weighted by Gasteiger charge is 2.10. The lowest BCUT2D eigenvalue weighted by Crippen LogP contribution is -2.32. The number of aryl methyl sites for hydroxylation is 4. The largest absolute Gasteiger partial charge is 0.342 e. The monoisotopic (exact) mass is 300 g/mol. The van der Waals surface area contributed by atoms with Gasteiger partial charge in [0.1, 0.15) is 0 Å². The first-order valence-corrected chi connectivity index (χ1v) is 7.42. The topological polar surface area (TPSA) is 58.0 Å². The molecule has 0 bridgehead atoms. The van der Waals surface area contributed by atoms with Crippen molar-refractivity contribution in [1.29, 1.82) is 0 Å². The second-order valence-electron chi connectivity index (χ2n) is 5.74. The zero-order valence-corrected chi connectivity index (χ0v) is 14.3. The summed E-state index contributed by atoms with van der Waals surface area (Å²) in [6, 6.07) is 3.96. The van der Waals surface area contributed by atoms with Crippen molar-refractivity contribution >= 4 is 11.9 Å². The quantitative estimate of drug-likeness (QED) is 0.842. The van der Waals surface area contributed by atoms with Gasteiger partial charge < -0.3 is 9.80 Å². The molecule has 2 aromatic rings. The van der Waals surface area contributed by atoms with E-state index in [1.54, 1.807) is 0 Å². The Kier molecular flexibility index (Phi) is 4.90. The fourth-order valence-corrected chi connectivity index (χ4v) is 2.26. The molecular formula is C16H24N6. The molecule has 0 spiro atoms. The zero-order valence-electron chi connectivity index (χ0n) is 14.3. The molecule has 0 atom stereocenters. The van der Waals surface area contributed by atoms with Gasteiger partial charge in [0.05, 0.1) is 0 Å². The van der Waals surface area contributed by atoms with Crippen LogP contribution in [0.5, 0.6) is 0 Å². The summed E-state index contributed by atoms with van der Waals surface area (Å²) in [6.07, 6.45) is 0. The Hall–Kier alpha value is -2.24. The maximum absolute atomic E-state index is 4.48. The fraction of sp³-hybridized carbons (Fsp3) is 0.500. The average molecular weight is 300 g/mol. The smallest absolute Gasteiger partial charge is 0.225 e. The molecule has 0 saturated heterocycles. The normalized spacial score (nSPS) is 10.6. The van der Waals surface area contributed by atoms with Crippen molar-refractivity contribution in [2.45, 2.75) is 27.7 Å². The van der Waals surface area contributed by atoms with E-state index in [4.69, 9.17) is 0 Å². The van der Waals surface area contributed by atoms with Crippen LogP contribution in [0.15, 0.2) is 12.1 Å². The van der Waals surface area contributed by atoms with E-state index in [0.717, 1.165) is 47.8 Å². The van der Waals surface area contributed by atoms with Crippen LogP contribution in [0, 0.1) is 27.7 Å². The number of hydrogen-bond acceptors (Lipinski definition) is 6. The molecule has 0 radical (unpaired) electrons. The van der Waals surface area contributed by atoms with E-state index in [1.165, 1.54) is 0 Å². The van der Waals surface area contributed by atoms with Crippen LogP contribution >= 0.6 is 0 Å². The Morgan fingerprint density at radius 3 is 1.18 bits per heavy atom. The molecular weight excluding hydrogens is 276 g/mol. The van der Waals surface area contributed by atoms with Gasteiger partial charge in [-0.3, -0.25) is 0 Å². The minimum absolute atomic E-state index is 0.757. The van der Waals surface area contributed by atoms with E-state index >= 15 is 0 Å². The second kappa shape index (κ2) is 6.68. The van der Waals surface area contributed by atoms with Gasteiger partial charge in [-0.15, -0.1) is 0 Å². The third kappa shape index (κ3) is 4.13. The Bertz CT molecular complexity index is 557. The van der Waals surface area contributed by atoms with E-state index in [0.29, 0.717) is 0 Å². The summed E-state index contributed by atoms with van der Waals surface area (Å²) in [5.74, 6) is 1.51. The predicted octanol–water partition coefficient (Wildman–Crippen LogP) is 2.07. The third-order valence-electron chi connectivity index (χ3n) is 3.39. The van der Waals surface area contributed by atoms with Crippen molar-refractivity contribution in [2.75, 3.05) is 37.0 Å². The molecule has 0 aliphatic heterocycles. The summed E-state index contributed by atoms with van der Waals surface area (Å²) in [6.45, 7) is 9.55. The highest BCUT2D eigenvalue weighted by Crippen LogP contribution is 2.10. The van der Waals surface area contributed by atoms with Crippen LogP contribution in [0.2, 0.25) is 0 Å². The number of hydrogen-bond donors (Lipinski definition) is 0. The van der Waals surface area contributed by atoms with Gasteiger partial charge in [0.2, 0.25) is 11.9 Å². The Labute approximate surface area is 132 Å². The lowest BCUT2D eigenvalue weighted by Gasteiger charge is -2.23. The molecule has 2 aromatic heterocycles. The molecule has 0 fully saturated rings. The maximum Gasteiger partial charge on any atom is 0.225 e. The highest BCUT2D eigenvalue weighted by atomic mass is 15.3. The van der Waals surface area contributed by atoms with Crippen LogP contribution in [0.3, 0.4) is 0 Å². The van der Waals surface area contributed by atoms with Crippen LogP contribution in [0.1, 0.15) is 22.8 Å². The van der Waals surface area contributed by atoms with E-state index in [-0.39, 0.29) is 0 Å². The van der Waals surface area contributed by atoms with Gasteiger partial charge in [0, 0.05) is 50.0 Å². The molecule has 2 heterocycles. The zero-order chi connectivity index (χ0) is 16.3. The lowest BCUT2D eigenvalue weighted by molar-refractivity contribution is 0.780. The molecule has 2 rings (SSSR count). The Morgan fingerprint density at radius 2 is 0.909 bits per heavy atom. The summed E-state index contributed by atoms with van der Waals surface area (Å²) >= 11 is 0. The number of rotatable bonds is 5. The predicted molar refractivity (Wildman–Crippen MR) is 89.6 cm³/mol. The number of aromatic nitrogens is 4. The first kappa shape index (κ1) is 16.1. The van der Waals surface area contributed by atoms with Crippen molar-refractivity contribution in [3.63, 3.8) is 0 Å². The van der Waals surface area contributed by atoms with Gasteiger partial charge in [-0.1, -0.05) is 0 Å². The van der Waals surface area contributed by atoms with Crippen molar-refractivity contribution in [1.82, 2.24) is 19.9 Å². The van der Waals surface area contributed by atoms with E-state index in [1.807, 2.05) is 53.9 Å². The average Bonchev–Trinajstić information content (AvgIpc) is 2.42. The summed E-state index contributed by atoms with van der Waals surface area (Å²) in [7, 11) is 4.01. The van der Waals surface area contributed by atoms with Gasteiger partial charge in [-0.2, -0.15) is 0 Å². The first-order chi connectivity index (χ1) is 10.3.